The van der Waals surface area contributed by atoms with Gasteiger partial charge in [-0.15, -0.1) is 0 Å². The molecule has 0 heterocycles. The van der Waals surface area contributed by atoms with Crippen LogP contribution in [0.1, 0.15) is 42.6 Å². The van der Waals surface area contributed by atoms with Gasteiger partial charge in [-0.25, -0.2) is 0 Å². The summed E-state index contributed by atoms with van der Waals surface area (Å²) < 4.78 is 38.9. The SMILES string of the molecule is CNc1ccc(C(=O)NC(C)(C)C2CC2)cc1C(F)(F)F. The summed E-state index contributed by atoms with van der Waals surface area (Å²) in [6, 6.07) is 3.57. The molecule has 0 unspecified atom stereocenters. The Morgan fingerprint density at radius 2 is 1.86 bits per heavy atom. The number of benzene rings is 1. The monoisotopic (exact) mass is 300 g/mol. The third-order valence-electron chi connectivity index (χ3n) is 3.89. The second kappa shape index (κ2) is 5.24. The molecule has 0 saturated heterocycles. The first-order chi connectivity index (χ1) is 9.65. The molecule has 0 aromatic heterocycles. The van der Waals surface area contributed by atoms with Crippen LogP contribution in [0.25, 0.3) is 0 Å². The Morgan fingerprint density at radius 1 is 1.24 bits per heavy atom. The highest BCUT2D eigenvalue weighted by Crippen LogP contribution is 2.39. The van der Waals surface area contributed by atoms with Crippen LogP contribution in [-0.2, 0) is 6.18 Å². The molecule has 1 aliphatic rings. The van der Waals surface area contributed by atoms with Gasteiger partial charge in [0.05, 0.1) is 5.56 Å². The van der Waals surface area contributed by atoms with Gasteiger partial charge in [-0.05, 0) is 50.8 Å². The standard InChI is InChI=1S/C15H19F3N2O/c1-14(2,10-5-6-10)20-13(21)9-4-7-12(19-3)11(8-9)15(16,17)18/h4,7-8,10,19H,5-6H2,1-3H3,(H,20,21). The lowest BCUT2D eigenvalue weighted by atomic mass is 9.97. The van der Waals surface area contributed by atoms with Gasteiger partial charge in [0.2, 0.25) is 0 Å². The van der Waals surface area contributed by atoms with Gasteiger partial charge in [-0.1, -0.05) is 0 Å². The van der Waals surface area contributed by atoms with Gasteiger partial charge in [-0.3, -0.25) is 4.79 Å². The molecule has 116 valence electrons. The van der Waals surface area contributed by atoms with Gasteiger partial charge in [0.1, 0.15) is 0 Å². The van der Waals surface area contributed by atoms with Crippen molar-refractivity contribution in [1.82, 2.24) is 5.32 Å². The summed E-state index contributed by atoms with van der Waals surface area (Å²) in [7, 11) is 1.42. The van der Waals surface area contributed by atoms with Crippen LogP contribution in [0.15, 0.2) is 18.2 Å². The maximum Gasteiger partial charge on any atom is 0.418 e. The molecule has 0 atom stereocenters. The molecule has 3 nitrogen and oxygen atoms in total. The Kier molecular flexibility index (Phi) is 3.91. The van der Waals surface area contributed by atoms with E-state index in [1.165, 1.54) is 19.2 Å². The fourth-order valence-electron chi connectivity index (χ4n) is 2.41. The number of hydrogen-bond acceptors (Lipinski definition) is 2. The number of nitrogens with one attached hydrogen (secondary N) is 2. The van der Waals surface area contributed by atoms with Crippen molar-refractivity contribution >= 4 is 11.6 Å². The minimum atomic E-state index is -4.50. The van der Waals surface area contributed by atoms with Gasteiger partial charge in [0.15, 0.2) is 0 Å². The molecule has 0 bridgehead atoms. The average molecular weight is 300 g/mol. The smallest absolute Gasteiger partial charge is 0.388 e. The molecule has 1 fully saturated rings. The third-order valence-corrected chi connectivity index (χ3v) is 3.89. The molecule has 2 N–H and O–H groups in total. The minimum absolute atomic E-state index is 0.0232. The maximum atomic E-state index is 13.0. The third kappa shape index (κ3) is 3.49. The number of carbonyl (C=O) groups is 1. The van der Waals surface area contributed by atoms with Crippen LogP contribution < -0.4 is 10.6 Å². The predicted octanol–water partition coefficient (Wildman–Crippen LogP) is 3.67. The molecule has 21 heavy (non-hydrogen) atoms. The molecule has 0 aliphatic heterocycles. The Morgan fingerprint density at radius 3 is 2.33 bits per heavy atom. The fraction of sp³-hybridized carbons (Fsp3) is 0.533. The van der Waals surface area contributed by atoms with Crippen molar-refractivity contribution in [1.29, 1.82) is 0 Å². The predicted molar refractivity (Wildman–Crippen MR) is 75.3 cm³/mol. The van der Waals surface area contributed by atoms with E-state index in [9.17, 15) is 18.0 Å². The van der Waals surface area contributed by atoms with Crippen LogP contribution in [0.2, 0.25) is 0 Å². The number of carbonyl (C=O) groups excluding carboxylic acids is 1. The second-order valence-corrected chi connectivity index (χ2v) is 5.96. The highest BCUT2D eigenvalue weighted by Gasteiger charge is 2.39. The van der Waals surface area contributed by atoms with E-state index in [0.717, 1.165) is 18.9 Å². The van der Waals surface area contributed by atoms with Gasteiger partial charge in [-0.2, -0.15) is 13.2 Å². The Bertz CT molecular complexity index is 548. The highest BCUT2D eigenvalue weighted by molar-refractivity contribution is 5.95. The summed E-state index contributed by atoms with van der Waals surface area (Å²) in [5, 5.41) is 5.32. The van der Waals surface area contributed by atoms with Gasteiger partial charge < -0.3 is 10.6 Å². The second-order valence-electron chi connectivity index (χ2n) is 5.96. The molecule has 1 aromatic carbocycles. The normalized spacial score (nSPS) is 15.7. The summed E-state index contributed by atoms with van der Waals surface area (Å²) in [6.45, 7) is 3.80. The topological polar surface area (TPSA) is 41.1 Å². The molecule has 1 saturated carbocycles. The van der Waals surface area contributed by atoms with E-state index in [0.29, 0.717) is 5.92 Å². The first-order valence-electron chi connectivity index (χ1n) is 6.86. The van der Waals surface area contributed by atoms with Gasteiger partial charge in [0.25, 0.3) is 5.91 Å². The minimum Gasteiger partial charge on any atom is -0.388 e. The summed E-state index contributed by atoms with van der Waals surface area (Å²) in [6.07, 6.45) is -2.42. The molecule has 1 aromatic rings. The highest BCUT2D eigenvalue weighted by atomic mass is 19.4. The van der Waals surface area contributed by atoms with Crippen molar-refractivity contribution in [3.8, 4) is 0 Å². The average Bonchev–Trinajstić information content (AvgIpc) is 3.21. The summed E-state index contributed by atoms with van der Waals surface area (Å²) in [5.74, 6) is -0.0693. The summed E-state index contributed by atoms with van der Waals surface area (Å²) in [4.78, 5) is 12.2. The lowest BCUT2D eigenvalue weighted by molar-refractivity contribution is -0.136. The zero-order valence-corrected chi connectivity index (χ0v) is 12.3. The van der Waals surface area contributed by atoms with E-state index < -0.39 is 23.2 Å². The number of hydrogen-bond donors (Lipinski definition) is 2. The molecular formula is C15H19F3N2O. The Labute approximate surface area is 121 Å². The van der Waals surface area contributed by atoms with E-state index in [2.05, 4.69) is 10.6 Å². The number of rotatable bonds is 4. The van der Waals surface area contributed by atoms with Gasteiger partial charge in [0, 0.05) is 23.8 Å². The van der Waals surface area contributed by atoms with Crippen molar-refractivity contribution < 1.29 is 18.0 Å². The lowest BCUT2D eigenvalue weighted by Gasteiger charge is -2.26. The van der Waals surface area contributed by atoms with Crippen molar-refractivity contribution in [2.75, 3.05) is 12.4 Å². The van der Waals surface area contributed by atoms with E-state index in [-0.39, 0.29) is 11.3 Å². The number of anilines is 1. The first kappa shape index (κ1) is 15.7. The van der Waals surface area contributed by atoms with Crippen molar-refractivity contribution in [3.05, 3.63) is 29.3 Å². The van der Waals surface area contributed by atoms with E-state index in [4.69, 9.17) is 0 Å². The van der Waals surface area contributed by atoms with Crippen molar-refractivity contribution in [2.24, 2.45) is 5.92 Å². The number of halogens is 3. The molecule has 1 aliphatic carbocycles. The van der Waals surface area contributed by atoms with Crippen molar-refractivity contribution in [2.45, 2.75) is 38.4 Å². The van der Waals surface area contributed by atoms with E-state index in [1.54, 1.807) is 0 Å². The molecule has 2 rings (SSSR count). The van der Waals surface area contributed by atoms with E-state index >= 15 is 0 Å². The molecule has 0 radical (unpaired) electrons. The fourth-order valence-corrected chi connectivity index (χ4v) is 2.41. The summed E-state index contributed by atoms with van der Waals surface area (Å²) in [5.41, 5.74) is -1.24. The molecule has 1 amide bonds. The van der Waals surface area contributed by atoms with Gasteiger partial charge >= 0.3 is 6.18 Å². The van der Waals surface area contributed by atoms with Crippen LogP contribution in [-0.4, -0.2) is 18.5 Å². The van der Waals surface area contributed by atoms with Crippen LogP contribution in [0.4, 0.5) is 18.9 Å². The van der Waals surface area contributed by atoms with E-state index in [1.807, 2.05) is 13.8 Å². The zero-order chi connectivity index (χ0) is 15.8. The number of alkyl halides is 3. The Balaban J connectivity index is 2.25. The number of amides is 1. The first-order valence-corrected chi connectivity index (χ1v) is 6.86. The quantitative estimate of drug-likeness (QED) is 0.891. The summed E-state index contributed by atoms with van der Waals surface area (Å²) >= 11 is 0. The molecule has 6 heteroatoms. The van der Waals surface area contributed by atoms with Crippen LogP contribution in [0, 0.1) is 5.92 Å². The molecular weight excluding hydrogens is 281 g/mol. The van der Waals surface area contributed by atoms with Crippen molar-refractivity contribution in [3.63, 3.8) is 0 Å². The zero-order valence-electron chi connectivity index (χ0n) is 12.3. The largest absolute Gasteiger partial charge is 0.418 e. The maximum absolute atomic E-state index is 13.0. The Hall–Kier alpha value is -1.72. The molecule has 0 spiro atoms. The lowest BCUT2D eigenvalue weighted by Crippen LogP contribution is -2.45. The van der Waals surface area contributed by atoms with Crippen LogP contribution in [0.3, 0.4) is 0 Å². The van der Waals surface area contributed by atoms with Crippen LogP contribution >= 0.6 is 0 Å². The van der Waals surface area contributed by atoms with Crippen LogP contribution in [0.5, 0.6) is 0 Å².